The Morgan fingerprint density at radius 2 is 1.92 bits per heavy atom. The lowest BCUT2D eigenvalue weighted by atomic mass is 9.54. The Morgan fingerprint density at radius 3 is 2.62 bits per heavy atom. The van der Waals surface area contributed by atoms with E-state index in [1.165, 1.54) is 6.08 Å². The summed E-state index contributed by atoms with van der Waals surface area (Å²) in [5.41, 5.74) is 0.374. The zero-order valence-corrected chi connectivity index (χ0v) is 15.0. The summed E-state index contributed by atoms with van der Waals surface area (Å²) in [5.74, 6) is -1.10. The molecule has 4 atom stereocenters. The zero-order valence-electron chi connectivity index (χ0n) is 15.0. The van der Waals surface area contributed by atoms with Crippen LogP contribution in [0.15, 0.2) is 34.9 Å². The van der Waals surface area contributed by atoms with Crippen LogP contribution in [0.1, 0.15) is 39.5 Å². The molecule has 4 rings (SSSR count). The van der Waals surface area contributed by atoms with Crippen LogP contribution >= 0.6 is 0 Å². The Balaban J connectivity index is 1.87. The van der Waals surface area contributed by atoms with E-state index in [4.69, 9.17) is 0 Å². The highest BCUT2D eigenvalue weighted by Crippen LogP contribution is 2.61. The standard InChI is InChI=1S/C21H22O5/c1-20-9-16(24)19-13(14(20)5-6-15(20)17(25)10-22)4-3-11-7-12(23)8-18(26)21(11,19)2/h3-4,7,14-15,22H,5-6,8-10H2,1-2H3/t14-,15+,20-,21+/m0/s1. The van der Waals surface area contributed by atoms with Crippen molar-refractivity contribution in [1.82, 2.24) is 0 Å². The van der Waals surface area contributed by atoms with Gasteiger partial charge in [-0.2, -0.15) is 0 Å². The number of ketones is 4. The summed E-state index contributed by atoms with van der Waals surface area (Å²) in [7, 11) is 0. The fraction of sp³-hybridized carbons (Fsp3) is 0.524. The van der Waals surface area contributed by atoms with Gasteiger partial charge in [-0.25, -0.2) is 0 Å². The van der Waals surface area contributed by atoms with Gasteiger partial charge in [0.15, 0.2) is 23.1 Å². The largest absolute Gasteiger partial charge is 0.389 e. The third kappa shape index (κ3) is 2.01. The molecule has 1 saturated carbocycles. The maximum absolute atomic E-state index is 13.2. The maximum Gasteiger partial charge on any atom is 0.163 e. The molecule has 0 aromatic heterocycles. The quantitative estimate of drug-likeness (QED) is 0.765. The summed E-state index contributed by atoms with van der Waals surface area (Å²) in [6, 6.07) is 0. The Bertz CT molecular complexity index is 858. The lowest BCUT2D eigenvalue weighted by Gasteiger charge is -2.47. The van der Waals surface area contributed by atoms with E-state index in [1.807, 2.05) is 13.0 Å². The van der Waals surface area contributed by atoms with E-state index >= 15 is 0 Å². The number of rotatable bonds is 2. The molecule has 4 aliphatic rings. The Morgan fingerprint density at radius 1 is 1.19 bits per heavy atom. The van der Waals surface area contributed by atoms with Gasteiger partial charge < -0.3 is 5.11 Å². The molecule has 0 aliphatic heterocycles. The van der Waals surface area contributed by atoms with Crippen molar-refractivity contribution in [3.8, 4) is 0 Å². The number of aliphatic hydroxyl groups excluding tert-OH is 1. The minimum atomic E-state index is -1.06. The number of carbonyl (C=O) groups excluding carboxylic acids is 4. The lowest BCUT2D eigenvalue weighted by molar-refractivity contribution is -0.135. The molecule has 0 unspecified atom stereocenters. The predicted octanol–water partition coefficient (Wildman–Crippen LogP) is 1.89. The Labute approximate surface area is 151 Å². The van der Waals surface area contributed by atoms with Crippen LogP contribution in [0.3, 0.4) is 0 Å². The van der Waals surface area contributed by atoms with Crippen molar-refractivity contribution in [3.63, 3.8) is 0 Å². The summed E-state index contributed by atoms with van der Waals surface area (Å²) in [5, 5.41) is 9.31. The van der Waals surface area contributed by atoms with Crippen LogP contribution in [-0.4, -0.2) is 34.8 Å². The second-order valence-electron chi connectivity index (χ2n) is 8.37. The SMILES string of the molecule is C[C@]12C(=O)CC(=O)C=C1C=CC1=C2C(=O)C[C@]2(C)[C@@H](C(=O)CO)CC[C@@H]12. The first-order chi connectivity index (χ1) is 12.2. The highest BCUT2D eigenvalue weighted by Gasteiger charge is 2.59. The third-order valence-corrected chi connectivity index (χ3v) is 7.09. The topological polar surface area (TPSA) is 88.5 Å². The van der Waals surface area contributed by atoms with Crippen molar-refractivity contribution in [2.45, 2.75) is 39.5 Å². The van der Waals surface area contributed by atoms with Crippen molar-refractivity contribution < 1.29 is 24.3 Å². The smallest absolute Gasteiger partial charge is 0.163 e. The van der Waals surface area contributed by atoms with Gasteiger partial charge in [0.2, 0.25) is 0 Å². The Kier molecular flexibility index (Phi) is 3.61. The van der Waals surface area contributed by atoms with Gasteiger partial charge >= 0.3 is 0 Å². The zero-order chi connectivity index (χ0) is 18.9. The average molecular weight is 354 g/mol. The molecule has 4 aliphatic carbocycles. The number of aliphatic hydroxyl groups is 1. The van der Waals surface area contributed by atoms with Crippen molar-refractivity contribution in [2.75, 3.05) is 6.61 Å². The van der Waals surface area contributed by atoms with Crippen LogP contribution < -0.4 is 0 Å². The van der Waals surface area contributed by atoms with Crippen LogP contribution in [-0.2, 0) is 19.2 Å². The van der Waals surface area contributed by atoms with E-state index in [0.717, 1.165) is 12.0 Å². The van der Waals surface area contributed by atoms with Gasteiger partial charge in [-0.05, 0) is 48.3 Å². The molecule has 0 bridgehead atoms. The van der Waals surface area contributed by atoms with Crippen LogP contribution in [0.2, 0.25) is 0 Å². The average Bonchev–Trinajstić information content (AvgIpc) is 2.92. The maximum atomic E-state index is 13.2. The number of hydrogen-bond donors (Lipinski definition) is 1. The molecular formula is C21H22O5. The molecule has 0 aromatic rings. The van der Waals surface area contributed by atoms with Gasteiger partial charge in [-0.3, -0.25) is 19.2 Å². The molecular weight excluding hydrogens is 332 g/mol. The van der Waals surface area contributed by atoms with E-state index in [9.17, 15) is 24.3 Å². The molecule has 0 heterocycles. The number of allylic oxidation sites excluding steroid dienone is 6. The van der Waals surface area contributed by atoms with E-state index in [0.29, 0.717) is 17.6 Å². The highest BCUT2D eigenvalue weighted by molar-refractivity contribution is 6.17. The van der Waals surface area contributed by atoms with Gasteiger partial charge in [-0.15, -0.1) is 0 Å². The summed E-state index contributed by atoms with van der Waals surface area (Å²) < 4.78 is 0. The molecule has 0 radical (unpaired) electrons. The number of hydrogen-bond acceptors (Lipinski definition) is 5. The molecule has 0 saturated heterocycles. The van der Waals surface area contributed by atoms with Crippen molar-refractivity contribution in [1.29, 1.82) is 0 Å². The lowest BCUT2D eigenvalue weighted by Crippen LogP contribution is -2.48. The van der Waals surface area contributed by atoms with Crippen molar-refractivity contribution in [2.24, 2.45) is 22.7 Å². The van der Waals surface area contributed by atoms with E-state index < -0.39 is 17.4 Å². The van der Waals surface area contributed by atoms with Crippen LogP contribution in [0, 0.1) is 22.7 Å². The molecule has 0 aromatic carbocycles. The summed E-state index contributed by atoms with van der Waals surface area (Å²) >= 11 is 0. The number of carbonyl (C=O) groups is 4. The second kappa shape index (κ2) is 5.43. The first kappa shape index (κ1) is 17.3. The van der Waals surface area contributed by atoms with E-state index in [1.54, 1.807) is 13.0 Å². The number of Topliss-reactive ketones (excluding diaryl/α,β-unsaturated/α-hetero) is 3. The third-order valence-electron chi connectivity index (χ3n) is 7.09. The second-order valence-corrected chi connectivity index (χ2v) is 8.37. The minimum Gasteiger partial charge on any atom is -0.389 e. The van der Waals surface area contributed by atoms with Gasteiger partial charge in [0, 0.05) is 17.9 Å². The molecule has 0 spiro atoms. The molecule has 0 amide bonds. The van der Waals surface area contributed by atoms with Gasteiger partial charge in [0.25, 0.3) is 0 Å². The van der Waals surface area contributed by atoms with Crippen LogP contribution in [0.5, 0.6) is 0 Å². The molecule has 26 heavy (non-hydrogen) atoms. The summed E-state index contributed by atoms with van der Waals surface area (Å²) in [4.78, 5) is 50.0. The van der Waals surface area contributed by atoms with Gasteiger partial charge in [-0.1, -0.05) is 19.1 Å². The van der Waals surface area contributed by atoms with E-state index in [-0.39, 0.29) is 47.8 Å². The monoisotopic (exact) mass is 354 g/mol. The van der Waals surface area contributed by atoms with Crippen LogP contribution in [0.4, 0.5) is 0 Å². The molecule has 1 fully saturated rings. The van der Waals surface area contributed by atoms with Crippen LogP contribution in [0.25, 0.3) is 0 Å². The molecule has 136 valence electrons. The first-order valence-corrected chi connectivity index (χ1v) is 9.11. The summed E-state index contributed by atoms with van der Waals surface area (Å²) in [6.45, 7) is 3.20. The van der Waals surface area contributed by atoms with Crippen molar-refractivity contribution >= 4 is 23.1 Å². The Hall–Kier alpha value is -2.14. The highest BCUT2D eigenvalue weighted by atomic mass is 16.3. The molecule has 1 N–H and O–H groups in total. The normalized spacial score (nSPS) is 38.7. The fourth-order valence-corrected chi connectivity index (χ4v) is 5.71. The summed E-state index contributed by atoms with van der Waals surface area (Å²) in [6.07, 6.45) is 6.55. The minimum absolute atomic E-state index is 0.00996. The van der Waals surface area contributed by atoms with Gasteiger partial charge in [0.1, 0.15) is 6.61 Å². The fourth-order valence-electron chi connectivity index (χ4n) is 5.71. The molecule has 5 heteroatoms. The number of fused-ring (bicyclic) bond motifs is 4. The van der Waals surface area contributed by atoms with E-state index in [2.05, 4.69) is 0 Å². The molecule has 5 nitrogen and oxygen atoms in total. The van der Waals surface area contributed by atoms with Crippen molar-refractivity contribution in [3.05, 3.63) is 34.9 Å². The van der Waals surface area contributed by atoms with Gasteiger partial charge in [0.05, 0.1) is 11.8 Å². The predicted molar refractivity (Wildman–Crippen MR) is 93.0 cm³/mol. The first-order valence-electron chi connectivity index (χ1n) is 9.11.